The summed E-state index contributed by atoms with van der Waals surface area (Å²) in [6.45, 7) is 0. The molecule has 1 aliphatic rings. The van der Waals surface area contributed by atoms with E-state index in [1.807, 2.05) is 36.4 Å². The van der Waals surface area contributed by atoms with Crippen LogP contribution in [0.15, 0.2) is 42.5 Å². The molecular formula is C21H25NO3. The van der Waals surface area contributed by atoms with Gasteiger partial charge in [0.1, 0.15) is 6.04 Å². The molecule has 25 heavy (non-hydrogen) atoms. The lowest BCUT2D eigenvalue weighted by Gasteiger charge is -2.26. The lowest BCUT2D eigenvalue weighted by molar-refractivity contribution is -0.143. The summed E-state index contributed by atoms with van der Waals surface area (Å²) in [6, 6.07) is 12.8. The number of hydrogen-bond acceptors (Lipinski definition) is 3. The Morgan fingerprint density at radius 1 is 1.08 bits per heavy atom. The van der Waals surface area contributed by atoms with E-state index in [1.54, 1.807) is 6.07 Å². The van der Waals surface area contributed by atoms with Crippen LogP contribution in [0.1, 0.15) is 48.9 Å². The Morgan fingerprint density at radius 3 is 2.56 bits per heavy atom. The molecule has 0 spiro atoms. The number of nitrogens with one attached hydrogen (secondary N) is 1. The zero-order chi connectivity index (χ0) is 17.6. The molecule has 0 heterocycles. The van der Waals surface area contributed by atoms with E-state index in [0.29, 0.717) is 17.9 Å². The maximum Gasteiger partial charge on any atom is 0.328 e. The van der Waals surface area contributed by atoms with Crippen molar-refractivity contribution in [2.45, 2.75) is 44.6 Å². The summed E-state index contributed by atoms with van der Waals surface area (Å²) in [4.78, 5) is 25.0. The molecule has 1 fully saturated rings. The number of benzene rings is 2. The zero-order valence-corrected chi connectivity index (χ0v) is 14.7. The highest BCUT2D eigenvalue weighted by Crippen LogP contribution is 2.28. The molecule has 1 N–H and O–H groups in total. The van der Waals surface area contributed by atoms with Crippen LogP contribution in [0.4, 0.5) is 0 Å². The molecule has 3 rings (SSSR count). The van der Waals surface area contributed by atoms with Gasteiger partial charge in [-0.05, 0) is 29.2 Å². The number of carbonyl (C=O) groups excluding carboxylic acids is 2. The fourth-order valence-corrected chi connectivity index (χ4v) is 3.77. The molecule has 4 nitrogen and oxygen atoms in total. The van der Waals surface area contributed by atoms with E-state index >= 15 is 0 Å². The minimum Gasteiger partial charge on any atom is -0.467 e. The second-order valence-electron chi connectivity index (χ2n) is 6.82. The van der Waals surface area contributed by atoms with Crippen molar-refractivity contribution in [1.82, 2.24) is 5.32 Å². The molecule has 1 saturated carbocycles. The number of ether oxygens (including phenoxy) is 1. The van der Waals surface area contributed by atoms with E-state index in [0.717, 1.165) is 23.6 Å². The summed E-state index contributed by atoms with van der Waals surface area (Å²) in [6.07, 6.45) is 6.58. The molecule has 0 bridgehead atoms. The number of methoxy groups -OCH3 is 1. The van der Waals surface area contributed by atoms with Crippen LogP contribution in [0.3, 0.4) is 0 Å². The summed E-state index contributed by atoms with van der Waals surface area (Å²) >= 11 is 0. The zero-order valence-electron chi connectivity index (χ0n) is 14.7. The molecule has 0 radical (unpaired) electrons. The minimum absolute atomic E-state index is 0.219. The van der Waals surface area contributed by atoms with Crippen LogP contribution < -0.4 is 5.32 Å². The fraction of sp³-hybridized carbons (Fsp3) is 0.429. The molecule has 2 aromatic carbocycles. The van der Waals surface area contributed by atoms with Gasteiger partial charge in [-0.1, -0.05) is 68.5 Å². The van der Waals surface area contributed by atoms with Crippen molar-refractivity contribution in [1.29, 1.82) is 0 Å². The van der Waals surface area contributed by atoms with E-state index in [9.17, 15) is 9.59 Å². The van der Waals surface area contributed by atoms with Gasteiger partial charge in [-0.2, -0.15) is 0 Å². The first-order valence-corrected chi connectivity index (χ1v) is 9.05. The van der Waals surface area contributed by atoms with Crippen molar-refractivity contribution in [3.05, 3.63) is 48.0 Å². The van der Waals surface area contributed by atoms with Gasteiger partial charge in [-0.25, -0.2) is 4.79 Å². The van der Waals surface area contributed by atoms with Gasteiger partial charge < -0.3 is 10.1 Å². The van der Waals surface area contributed by atoms with Crippen molar-refractivity contribution >= 4 is 22.6 Å². The van der Waals surface area contributed by atoms with Gasteiger partial charge in [0.05, 0.1) is 7.11 Å². The van der Waals surface area contributed by atoms with Gasteiger partial charge in [0.2, 0.25) is 0 Å². The van der Waals surface area contributed by atoms with Crippen molar-refractivity contribution in [3.8, 4) is 0 Å². The second-order valence-corrected chi connectivity index (χ2v) is 6.82. The van der Waals surface area contributed by atoms with Gasteiger partial charge in [-0.3, -0.25) is 4.79 Å². The number of esters is 1. The lowest BCUT2D eigenvalue weighted by atomic mass is 9.84. The Bertz CT molecular complexity index is 744. The molecular weight excluding hydrogens is 314 g/mol. The van der Waals surface area contributed by atoms with Crippen molar-refractivity contribution < 1.29 is 14.3 Å². The minimum atomic E-state index is -0.584. The second kappa shape index (κ2) is 8.15. The van der Waals surface area contributed by atoms with E-state index in [4.69, 9.17) is 4.74 Å². The Hall–Kier alpha value is -2.36. The van der Waals surface area contributed by atoms with Gasteiger partial charge in [-0.15, -0.1) is 0 Å². The Balaban J connectivity index is 1.78. The third kappa shape index (κ3) is 4.19. The molecule has 132 valence electrons. The van der Waals surface area contributed by atoms with Crippen LogP contribution in [0, 0.1) is 5.92 Å². The summed E-state index contributed by atoms with van der Waals surface area (Å²) in [5.41, 5.74) is 0.593. The molecule has 4 heteroatoms. The van der Waals surface area contributed by atoms with Gasteiger partial charge in [0.25, 0.3) is 5.91 Å². The summed E-state index contributed by atoms with van der Waals surface area (Å²) < 4.78 is 4.92. The quantitative estimate of drug-likeness (QED) is 0.835. The largest absolute Gasteiger partial charge is 0.467 e. The first-order chi connectivity index (χ1) is 12.2. The van der Waals surface area contributed by atoms with Crippen molar-refractivity contribution in [2.24, 2.45) is 5.92 Å². The standard InChI is InChI=1S/C21H25NO3/c1-25-21(24)19(14-15-8-3-2-4-9-15)22-20(23)18-13-7-11-16-10-5-6-12-17(16)18/h5-7,10-13,15,19H,2-4,8-9,14H2,1H3,(H,22,23)/t19-/m0/s1. The topological polar surface area (TPSA) is 55.4 Å². The lowest BCUT2D eigenvalue weighted by Crippen LogP contribution is -2.43. The fourth-order valence-electron chi connectivity index (χ4n) is 3.77. The van der Waals surface area contributed by atoms with Crippen LogP contribution in [-0.2, 0) is 9.53 Å². The molecule has 1 aliphatic carbocycles. The number of hydrogen-bond donors (Lipinski definition) is 1. The average Bonchev–Trinajstić information content (AvgIpc) is 2.67. The van der Waals surface area contributed by atoms with E-state index in [1.165, 1.54) is 26.4 Å². The van der Waals surface area contributed by atoms with Crippen molar-refractivity contribution in [2.75, 3.05) is 7.11 Å². The Kier molecular flexibility index (Phi) is 5.69. The van der Waals surface area contributed by atoms with Gasteiger partial charge in [0, 0.05) is 5.56 Å². The highest BCUT2D eigenvalue weighted by Gasteiger charge is 2.27. The molecule has 0 aliphatic heterocycles. The summed E-state index contributed by atoms with van der Waals surface area (Å²) in [5, 5.41) is 4.81. The first kappa shape index (κ1) is 17.5. The van der Waals surface area contributed by atoms with Crippen LogP contribution in [0.5, 0.6) is 0 Å². The maximum atomic E-state index is 12.8. The van der Waals surface area contributed by atoms with Gasteiger partial charge in [0.15, 0.2) is 0 Å². The summed E-state index contributed by atoms with van der Waals surface area (Å²) in [7, 11) is 1.38. The number of amides is 1. The van der Waals surface area contributed by atoms with Gasteiger partial charge >= 0.3 is 5.97 Å². The molecule has 0 saturated heterocycles. The Morgan fingerprint density at radius 2 is 1.80 bits per heavy atom. The third-order valence-corrected chi connectivity index (χ3v) is 5.12. The predicted molar refractivity (Wildman–Crippen MR) is 98.4 cm³/mol. The highest BCUT2D eigenvalue weighted by atomic mass is 16.5. The van der Waals surface area contributed by atoms with Crippen LogP contribution in [0.2, 0.25) is 0 Å². The number of carbonyl (C=O) groups is 2. The highest BCUT2D eigenvalue weighted by molar-refractivity contribution is 6.07. The Labute approximate surface area is 148 Å². The average molecular weight is 339 g/mol. The smallest absolute Gasteiger partial charge is 0.328 e. The molecule has 0 unspecified atom stereocenters. The number of fused-ring (bicyclic) bond motifs is 1. The van der Waals surface area contributed by atoms with Crippen molar-refractivity contribution in [3.63, 3.8) is 0 Å². The first-order valence-electron chi connectivity index (χ1n) is 9.05. The summed E-state index contributed by atoms with van der Waals surface area (Å²) in [5.74, 6) is -0.104. The normalized spacial score (nSPS) is 16.4. The predicted octanol–water partition coefficient (Wildman–Crippen LogP) is 4.08. The molecule has 2 aromatic rings. The van der Waals surface area contributed by atoms with Crippen LogP contribution in [-0.4, -0.2) is 25.0 Å². The van der Waals surface area contributed by atoms with Crippen LogP contribution in [0.25, 0.3) is 10.8 Å². The monoisotopic (exact) mass is 339 g/mol. The number of rotatable bonds is 5. The maximum absolute atomic E-state index is 12.8. The van der Waals surface area contributed by atoms with E-state index < -0.39 is 6.04 Å². The van der Waals surface area contributed by atoms with E-state index in [2.05, 4.69) is 5.32 Å². The molecule has 1 atom stereocenters. The third-order valence-electron chi connectivity index (χ3n) is 5.12. The van der Waals surface area contributed by atoms with E-state index in [-0.39, 0.29) is 11.9 Å². The molecule has 0 aromatic heterocycles. The van der Waals surface area contributed by atoms with Crippen LogP contribution >= 0.6 is 0 Å². The molecule has 1 amide bonds. The SMILES string of the molecule is COC(=O)[C@H](CC1CCCCC1)NC(=O)c1cccc2ccccc12.